The quantitative estimate of drug-likeness (QED) is 0.640. The Morgan fingerprint density at radius 3 is 2.80 bits per heavy atom. The van der Waals surface area contributed by atoms with Gasteiger partial charge in [-0.3, -0.25) is 0 Å². The standard InChI is InChI=1S/C6H11FO3/c1-2-3-5(7)10-4-6(8)9/h5H,2-4H2,1H3,(H,8,9). The topological polar surface area (TPSA) is 46.5 Å². The fraction of sp³-hybridized carbons (Fsp3) is 0.833. The van der Waals surface area contributed by atoms with Crippen molar-refractivity contribution in [3.05, 3.63) is 0 Å². The molecule has 0 bridgehead atoms. The zero-order chi connectivity index (χ0) is 7.98. The lowest BCUT2D eigenvalue weighted by Crippen LogP contribution is -2.13. The van der Waals surface area contributed by atoms with Gasteiger partial charge in [0.1, 0.15) is 6.61 Å². The lowest BCUT2D eigenvalue weighted by molar-refractivity contribution is -0.149. The summed E-state index contributed by atoms with van der Waals surface area (Å²) in [6.07, 6.45) is -0.519. The summed E-state index contributed by atoms with van der Waals surface area (Å²) in [4.78, 5) is 9.82. The van der Waals surface area contributed by atoms with Gasteiger partial charge in [-0.2, -0.15) is 0 Å². The van der Waals surface area contributed by atoms with Crippen molar-refractivity contribution in [1.29, 1.82) is 0 Å². The Kier molecular flexibility index (Phi) is 4.84. The molecule has 0 saturated heterocycles. The molecule has 0 rings (SSSR count). The summed E-state index contributed by atoms with van der Waals surface area (Å²) in [6.45, 7) is 1.25. The highest BCUT2D eigenvalue weighted by molar-refractivity contribution is 5.67. The van der Waals surface area contributed by atoms with Crippen LogP contribution in [0.5, 0.6) is 0 Å². The van der Waals surface area contributed by atoms with Crippen molar-refractivity contribution in [1.82, 2.24) is 0 Å². The van der Waals surface area contributed by atoms with Gasteiger partial charge in [0, 0.05) is 6.42 Å². The molecular formula is C6H11FO3. The third-order valence-corrected chi connectivity index (χ3v) is 0.903. The minimum absolute atomic E-state index is 0.257. The van der Waals surface area contributed by atoms with Gasteiger partial charge in [-0.05, 0) is 0 Å². The van der Waals surface area contributed by atoms with E-state index in [2.05, 4.69) is 4.74 Å². The molecule has 3 nitrogen and oxygen atoms in total. The molecule has 0 fully saturated rings. The minimum atomic E-state index is -1.43. The third-order valence-electron chi connectivity index (χ3n) is 0.903. The molecule has 1 unspecified atom stereocenters. The van der Waals surface area contributed by atoms with Gasteiger partial charge in [0.05, 0.1) is 0 Å². The van der Waals surface area contributed by atoms with Crippen LogP contribution in [0.15, 0.2) is 0 Å². The van der Waals surface area contributed by atoms with Crippen molar-refractivity contribution in [2.45, 2.75) is 26.1 Å². The molecule has 0 amide bonds. The van der Waals surface area contributed by atoms with Gasteiger partial charge in [-0.1, -0.05) is 13.3 Å². The van der Waals surface area contributed by atoms with Crippen LogP contribution in [0.4, 0.5) is 4.39 Å². The Hall–Kier alpha value is -0.640. The monoisotopic (exact) mass is 150 g/mol. The molecule has 0 aromatic carbocycles. The van der Waals surface area contributed by atoms with Gasteiger partial charge < -0.3 is 9.84 Å². The van der Waals surface area contributed by atoms with Crippen LogP contribution in [-0.4, -0.2) is 24.0 Å². The number of halogens is 1. The molecule has 10 heavy (non-hydrogen) atoms. The first-order valence-corrected chi connectivity index (χ1v) is 3.14. The predicted molar refractivity (Wildman–Crippen MR) is 33.4 cm³/mol. The molecule has 60 valence electrons. The van der Waals surface area contributed by atoms with E-state index in [1.165, 1.54) is 0 Å². The lowest BCUT2D eigenvalue weighted by Gasteiger charge is -2.04. The molecule has 0 aliphatic rings. The second kappa shape index (κ2) is 5.17. The largest absolute Gasteiger partial charge is 0.480 e. The van der Waals surface area contributed by atoms with E-state index in [9.17, 15) is 9.18 Å². The van der Waals surface area contributed by atoms with Gasteiger partial charge in [-0.15, -0.1) is 0 Å². The number of ether oxygens (including phenoxy) is 1. The summed E-state index contributed by atoms with van der Waals surface area (Å²) in [7, 11) is 0. The number of carboxylic acids is 1. The van der Waals surface area contributed by atoms with E-state index in [0.717, 1.165) is 0 Å². The summed E-state index contributed by atoms with van der Waals surface area (Å²) >= 11 is 0. The molecule has 1 N–H and O–H groups in total. The molecule has 0 aliphatic heterocycles. The SMILES string of the molecule is CCCC(F)OCC(=O)O. The lowest BCUT2D eigenvalue weighted by atomic mass is 10.3. The fourth-order valence-electron chi connectivity index (χ4n) is 0.472. The molecule has 1 atom stereocenters. The fourth-order valence-corrected chi connectivity index (χ4v) is 0.472. The van der Waals surface area contributed by atoms with E-state index in [4.69, 9.17) is 5.11 Å². The first-order chi connectivity index (χ1) is 4.66. The summed E-state index contributed by atoms with van der Waals surface area (Å²) in [5.74, 6) is -1.14. The number of alkyl halides is 1. The second-order valence-electron chi connectivity index (χ2n) is 1.90. The van der Waals surface area contributed by atoms with Crippen LogP contribution in [0.1, 0.15) is 19.8 Å². The van der Waals surface area contributed by atoms with Gasteiger partial charge >= 0.3 is 5.97 Å². The Morgan fingerprint density at radius 2 is 2.40 bits per heavy atom. The van der Waals surface area contributed by atoms with Crippen LogP contribution < -0.4 is 0 Å². The number of carboxylic acid groups (broad SMARTS) is 1. The van der Waals surface area contributed by atoms with Crippen LogP contribution in [0, 0.1) is 0 Å². The van der Waals surface area contributed by atoms with Crippen LogP contribution in [-0.2, 0) is 9.53 Å². The van der Waals surface area contributed by atoms with Crippen molar-refractivity contribution in [3.63, 3.8) is 0 Å². The summed E-state index contributed by atoms with van der Waals surface area (Å²) < 4.78 is 16.6. The van der Waals surface area contributed by atoms with Gasteiger partial charge in [0.25, 0.3) is 0 Å². The smallest absolute Gasteiger partial charge is 0.329 e. The Morgan fingerprint density at radius 1 is 1.80 bits per heavy atom. The summed E-state index contributed by atoms with van der Waals surface area (Å²) in [5.41, 5.74) is 0. The molecule has 0 radical (unpaired) electrons. The highest BCUT2D eigenvalue weighted by Crippen LogP contribution is 2.01. The Labute approximate surface area is 58.8 Å². The highest BCUT2D eigenvalue weighted by atomic mass is 19.1. The number of hydrogen-bond donors (Lipinski definition) is 1. The number of hydrogen-bond acceptors (Lipinski definition) is 2. The number of rotatable bonds is 5. The maximum Gasteiger partial charge on any atom is 0.329 e. The molecule has 0 aliphatic carbocycles. The van der Waals surface area contributed by atoms with E-state index < -0.39 is 18.9 Å². The summed E-state index contributed by atoms with van der Waals surface area (Å²) in [6, 6.07) is 0. The highest BCUT2D eigenvalue weighted by Gasteiger charge is 2.06. The molecule has 0 spiro atoms. The maximum atomic E-state index is 12.3. The Balaban J connectivity index is 3.21. The van der Waals surface area contributed by atoms with Crippen LogP contribution in [0.25, 0.3) is 0 Å². The van der Waals surface area contributed by atoms with Gasteiger partial charge in [0.2, 0.25) is 0 Å². The van der Waals surface area contributed by atoms with E-state index in [1.807, 2.05) is 0 Å². The van der Waals surface area contributed by atoms with Gasteiger partial charge in [0.15, 0.2) is 6.36 Å². The zero-order valence-electron chi connectivity index (χ0n) is 5.84. The van der Waals surface area contributed by atoms with Crippen LogP contribution >= 0.6 is 0 Å². The average molecular weight is 150 g/mol. The second-order valence-corrected chi connectivity index (χ2v) is 1.90. The number of carbonyl (C=O) groups is 1. The van der Waals surface area contributed by atoms with E-state index in [1.54, 1.807) is 6.92 Å². The predicted octanol–water partition coefficient (Wildman–Crippen LogP) is 1.18. The molecule has 0 saturated carbocycles. The molecule has 4 heteroatoms. The molecule has 0 aromatic rings. The summed E-state index contributed by atoms with van der Waals surface area (Å²) in [5, 5.41) is 8.04. The third kappa shape index (κ3) is 5.50. The molecule has 0 aromatic heterocycles. The number of aliphatic carboxylic acids is 1. The van der Waals surface area contributed by atoms with Crippen molar-refractivity contribution in [2.24, 2.45) is 0 Å². The van der Waals surface area contributed by atoms with E-state index in [0.29, 0.717) is 6.42 Å². The first kappa shape index (κ1) is 9.36. The minimum Gasteiger partial charge on any atom is -0.480 e. The van der Waals surface area contributed by atoms with Crippen LogP contribution in [0.3, 0.4) is 0 Å². The Bertz CT molecular complexity index is 105. The van der Waals surface area contributed by atoms with E-state index >= 15 is 0 Å². The van der Waals surface area contributed by atoms with Gasteiger partial charge in [-0.25, -0.2) is 9.18 Å². The van der Waals surface area contributed by atoms with Crippen LogP contribution in [0.2, 0.25) is 0 Å². The van der Waals surface area contributed by atoms with E-state index in [-0.39, 0.29) is 6.42 Å². The van der Waals surface area contributed by atoms with Crippen molar-refractivity contribution in [2.75, 3.05) is 6.61 Å². The first-order valence-electron chi connectivity index (χ1n) is 3.14. The zero-order valence-corrected chi connectivity index (χ0v) is 5.84. The molecule has 0 heterocycles. The maximum absolute atomic E-state index is 12.3. The molecular weight excluding hydrogens is 139 g/mol. The van der Waals surface area contributed by atoms with Crippen molar-refractivity contribution in [3.8, 4) is 0 Å². The normalized spacial score (nSPS) is 13.0. The van der Waals surface area contributed by atoms with Crippen molar-refractivity contribution < 1.29 is 19.0 Å². The van der Waals surface area contributed by atoms with Crippen molar-refractivity contribution >= 4 is 5.97 Å². The average Bonchev–Trinajstić information content (AvgIpc) is 1.85.